The summed E-state index contributed by atoms with van der Waals surface area (Å²) >= 11 is 0. The van der Waals surface area contributed by atoms with Crippen molar-refractivity contribution in [3.8, 4) is 11.5 Å². The van der Waals surface area contributed by atoms with Gasteiger partial charge < -0.3 is 19.5 Å². The van der Waals surface area contributed by atoms with Crippen molar-refractivity contribution in [2.45, 2.75) is 0 Å². The van der Waals surface area contributed by atoms with Crippen LogP contribution in [0.3, 0.4) is 0 Å². The van der Waals surface area contributed by atoms with Gasteiger partial charge in [0.2, 0.25) is 0 Å². The zero-order valence-electron chi connectivity index (χ0n) is 9.85. The Morgan fingerprint density at radius 2 is 1.62 bits per heavy atom. The quantitative estimate of drug-likeness (QED) is 0.751. The molecule has 4 nitrogen and oxygen atoms in total. The number of aliphatic hydroxyl groups is 1. The smallest absolute Gasteiger partial charge is 0.161 e. The highest BCUT2D eigenvalue weighted by atomic mass is 16.5. The number of rotatable bonds is 7. The Kier molecular flexibility index (Phi) is 5.67. The number of benzene rings is 1. The van der Waals surface area contributed by atoms with Crippen molar-refractivity contribution in [3.05, 3.63) is 24.3 Å². The lowest BCUT2D eigenvalue weighted by Crippen LogP contribution is -2.19. The van der Waals surface area contributed by atoms with Crippen molar-refractivity contribution in [3.63, 3.8) is 0 Å². The largest absolute Gasteiger partial charge is 0.488 e. The van der Waals surface area contributed by atoms with E-state index in [1.165, 1.54) is 0 Å². The molecule has 16 heavy (non-hydrogen) atoms. The zero-order valence-corrected chi connectivity index (χ0v) is 9.85. The highest BCUT2D eigenvalue weighted by molar-refractivity contribution is 5.39. The molecular weight excluding hydrogens is 206 g/mol. The fourth-order valence-corrected chi connectivity index (χ4v) is 1.18. The molecule has 1 aromatic carbocycles. The van der Waals surface area contributed by atoms with Crippen molar-refractivity contribution in [2.75, 3.05) is 40.5 Å². The third kappa shape index (κ3) is 4.51. The molecule has 0 saturated carbocycles. The molecule has 0 fully saturated rings. The number of ether oxygens (including phenoxy) is 2. The third-order valence-electron chi connectivity index (χ3n) is 1.99. The average Bonchev–Trinajstić information content (AvgIpc) is 2.27. The minimum absolute atomic E-state index is 0.00598. The molecule has 0 bridgehead atoms. The molecule has 0 aliphatic heterocycles. The predicted molar refractivity (Wildman–Crippen MR) is 63.1 cm³/mol. The molecule has 0 aliphatic rings. The van der Waals surface area contributed by atoms with Crippen LogP contribution in [0.5, 0.6) is 11.5 Å². The van der Waals surface area contributed by atoms with Gasteiger partial charge in [0.1, 0.15) is 13.2 Å². The van der Waals surface area contributed by atoms with Crippen LogP contribution < -0.4 is 9.47 Å². The number of hydrogen-bond donors (Lipinski definition) is 1. The van der Waals surface area contributed by atoms with E-state index >= 15 is 0 Å². The summed E-state index contributed by atoms with van der Waals surface area (Å²) in [5.41, 5.74) is 0. The minimum Gasteiger partial charge on any atom is -0.488 e. The Hall–Kier alpha value is -1.26. The number of likely N-dealkylation sites (N-methyl/N-ethyl adjacent to an activating group) is 1. The van der Waals surface area contributed by atoms with Crippen LogP contribution in [0.25, 0.3) is 0 Å². The van der Waals surface area contributed by atoms with Gasteiger partial charge in [-0.05, 0) is 26.2 Å². The highest BCUT2D eigenvalue weighted by Crippen LogP contribution is 2.26. The molecule has 0 aliphatic carbocycles. The Labute approximate surface area is 96.4 Å². The molecule has 1 aromatic rings. The van der Waals surface area contributed by atoms with E-state index in [0.29, 0.717) is 12.4 Å². The molecule has 0 amide bonds. The van der Waals surface area contributed by atoms with Crippen LogP contribution in [-0.4, -0.2) is 50.5 Å². The molecular formula is C12H19NO3. The van der Waals surface area contributed by atoms with E-state index in [1.54, 1.807) is 0 Å². The van der Waals surface area contributed by atoms with E-state index in [-0.39, 0.29) is 13.2 Å². The van der Waals surface area contributed by atoms with Crippen LogP contribution in [0.15, 0.2) is 24.3 Å². The Morgan fingerprint density at radius 3 is 2.12 bits per heavy atom. The first-order valence-electron chi connectivity index (χ1n) is 5.34. The van der Waals surface area contributed by atoms with E-state index in [2.05, 4.69) is 4.90 Å². The van der Waals surface area contributed by atoms with Gasteiger partial charge >= 0.3 is 0 Å². The summed E-state index contributed by atoms with van der Waals surface area (Å²) in [5, 5.41) is 8.69. The molecule has 4 heteroatoms. The molecule has 0 aromatic heterocycles. The summed E-state index contributed by atoms with van der Waals surface area (Å²) in [5.74, 6) is 1.40. The van der Waals surface area contributed by atoms with Gasteiger partial charge in [-0.1, -0.05) is 12.1 Å². The number of aliphatic hydroxyl groups excluding tert-OH is 1. The molecule has 90 valence electrons. The average molecular weight is 225 g/mol. The molecule has 1 N–H and O–H groups in total. The van der Waals surface area contributed by atoms with Gasteiger partial charge in [-0.15, -0.1) is 0 Å². The van der Waals surface area contributed by atoms with E-state index < -0.39 is 0 Å². The van der Waals surface area contributed by atoms with E-state index in [0.717, 1.165) is 12.3 Å². The summed E-state index contributed by atoms with van der Waals surface area (Å²) in [6.45, 7) is 1.76. The van der Waals surface area contributed by atoms with Crippen molar-refractivity contribution >= 4 is 0 Å². The summed E-state index contributed by atoms with van der Waals surface area (Å²) in [6.07, 6.45) is 0. The second kappa shape index (κ2) is 7.09. The molecule has 0 saturated heterocycles. The molecule has 0 heterocycles. The lowest BCUT2D eigenvalue weighted by molar-refractivity contribution is 0.190. The molecule has 0 spiro atoms. The first kappa shape index (κ1) is 12.8. The maximum absolute atomic E-state index is 8.69. The van der Waals surface area contributed by atoms with Crippen LogP contribution >= 0.6 is 0 Å². The van der Waals surface area contributed by atoms with E-state index in [1.807, 2.05) is 38.4 Å². The summed E-state index contributed by atoms with van der Waals surface area (Å²) in [6, 6.07) is 7.48. The second-order valence-electron chi connectivity index (χ2n) is 3.67. The van der Waals surface area contributed by atoms with Crippen LogP contribution in [0, 0.1) is 0 Å². The predicted octanol–water partition coefficient (Wildman–Crippen LogP) is 0.998. The number of nitrogens with zero attached hydrogens (tertiary/aromatic N) is 1. The SMILES string of the molecule is CN(C)CCOc1ccccc1OCCO. The van der Waals surface area contributed by atoms with Gasteiger partial charge in [0, 0.05) is 6.54 Å². The lowest BCUT2D eigenvalue weighted by Gasteiger charge is -2.14. The zero-order chi connectivity index (χ0) is 11.8. The lowest BCUT2D eigenvalue weighted by atomic mass is 10.3. The maximum atomic E-state index is 8.69. The van der Waals surface area contributed by atoms with Crippen molar-refractivity contribution in [2.24, 2.45) is 0 Å². The van der Waals surface area contributed by atoms with Crippen LogP contribution in [-0.2, 0) is 0 Å². The number of para-hydroxylation sites is 2. The fourth-order valence-electron chi connectivity index (χ4n) is 1.18. The fraction of sp³-hybridized carbons (Fsp3) is 0.500. The summed E-state index contributed by atoms with van der Waals surface area (Å²) in [7, 11) is 4.00. The van der Waals surface area contributed by atoms with Crippen LogP contribution in [0.2, 0.25) is 0 Å². The van der Waals surface area contributed by atoms with Crippen LogP contribution in [0.4, 0.5) is 0 Å². The summed E-state index contributed by atoms with van der Waals surface area (Å²) in [4.78, 5) is 2.05. The second-order valence-corrected chi connectivity index (χ2v) is 3.67. The Morgan fingerprint density at radius 1 is 1.06 bits per heavy atom. The standard InChI is InChI=1S/C12H19NO3/c1-13(2)7-9-15-11-5-3-4-6-12(11)16-10-8-14/h3-6,14H,7-10H2,1-2H3. The first-order valence-corrected chi connectivity index (χ1v) is 5.34. The molecule has 0 atom stereocenters. The van der Waals surface area contributed by atoms with Gasteiger partial charge in [-0.25, -0.2) is 0 Å². The maximum Gasteiger partial charge on any atom is 0.161 e. The van der Waals surface area contributed by atoms with Gasteiger partial charge in [0.25, 0.3) is 0 Å². The highest BCUT2D eigenvalue weighted by Gasteiger charge is 2.03. The monoisotopic (exact) mass is 225 g/mol. The van der Waals surface area contributed by atoms with E-state index in [9.17, 15) is 0 Å². The number of hydrogen-bond acceptors (Lipinski definition) is 4. The van der Waals surface area contributed by atoms with Gasteiger partial charge in [-0.3, -0.25) is 0 Å². The van der Waals surface area contributed by atoms with Crippen molar-refractivity contribution in [1.29, 1.82) is 0 Å². The minimum atomic E-state index is 0.00598. The molecule has 0 radical (unpaired) electrons. The molecule has 1 rings (SSSR count). The Bertz CT molecular complexity index is 302. The van der Waals surface area contributed by atoms with Crippen molar-refractivity contribution < 1.29 is 14.6 Å². The first-order chi connectivity index (χ1) is 7.74. The summed E-state index contributed by atoms with van der Waals surface area (Å²) < 4.78 is 11.0. The Balaban J connectivity index is 2.49. The normalized spacial score (nSPS) is 10.5. The van der Waals surface area contributed by atoms with Gasteiger partial charge in [0.05, 0.1) is 6.61 Å². The van der Waals surface area contributed by atoms with Crippen LogP contribution in [0.1, 0.15) is 0 Å². The van der Waals surface area contributed by atoms with E-state index in [4.69, 9.17) is 14.6 Å². The van der Waals surface area contributed by atoms with Gasteiger partial charge in [-0.2, -0.15) is 0 Å². The molecule has 0 unspecified atom stereocenters. The van der Waals surface area contributed by atoms with Crippen molar-refractivity contribution in [1.82, 2.24) is 4.90 Å². The topological polar surface area (TPSA) is 41.9 Å². The third-order valence-corrected chi connectivity index (χ3v) is 1.99. The van der Waals surface area contributed by atoms with Gasteiger partial charge in [0.15, 0.2) is 11.5 Å².